The molecule has 1 aliphatic heterocycles. The van der Waals surface area contributed by atoms with Crippen molar-refractivity contribution in [3.63, 3.8) is 0 Å². The van der Waals surface area contributed by atoms with Gasteiger partial charge in [0.1, 0.15) is 5.75 Å². The Kier molecular flexibility index (Phi) is 5.33. The Labute approximate surface area is 138 Å². The second-order valence-electron chi connectivity index (χ2n) is 5.29. The van der Waals surface area contributed by atoms with Crippen LogP contribution in [0.2, 0.25) is 0 Å². The summed E-state index contributed by atoms with van der Waals surface area (Å²) in [7, 11) is 0. The lowest BCUT2D eigenvalue weighted by atomic mass is 10.1. The second kappa shape index (κ2) is 7.11. The van der Waals surface area contributed by atoms with Gasteiger partial charge in [-0.2, -0.15) is 22.0 Å². The summed E-state index contributed by atoms with van der Waals surface area (Å²) in [6.07, 6.45) is -4.73. The Balaban J connectivity index is 2.14. The monoisotopic (exact) mass is 368 g/mol. The summed E-state index contributed by atoms with van der Waals surface area (Å²) < 4.78 is 67.0. The summed E-state index contributed by atoms with van der Waals surface area (Å²) >= 11 is 0. The molecule has 11 heteroatoms. The number of nitrogens with one attached hydrogen (secondary N) is 1. The molecule has 1 fully saturated rings. The van der Waals surface area contributed by atoms with Gasteiger partial charge in [-0.25, -0.2) is 4.79 Å². The van der Waals surface area contributed by atoms with E-state index in [4.69, 9.17) is 5.11 Å². The highest BCUT2D eigenvalue weighted by Crippen LogP contribution is 2.38. The lowest BCUT2D eigenvalue weighted by Crippen LogP contribution is -2.33. The van der Waals surface area contributed by atoms with Crippen LogP contribution in [0.15, 0.2) is 18.2 Å². The van der Waals surface area contributed by atoms with Crippen molar-refractivity contribution in [3.05, 3.63) is 23.8 Å². The Morgan fingerprint density at radius 2 is 2.00 bits per heavy atom. The van der Waals surface area contributed by atoms with Gasteiger partial charge in [0, 0.05) is 18.8 Å². The number of halogens is 5. The van der Waals surface area contributed by atoms with Gasteiger partial charge in [-0.05, 0) is 24.6 Å². The average Bonchev–Trinajstić information content (AvgIpc) is 2.97. The number of hydrogen-bond donors (Lipinski definition) is 2. The Morgan fingerprint density at radius 1 is 1.32 bits per heavy atom. The molecule has 1 aliphatic rings. The van der Waals surface area contributed by atoms with Gasteiger partial charge in [-0.3, -0.25) is 4.79 Å². The van der Waals surface area contributed by atoms with Crippen molar-refractivity contribution < 1.29 is 41.4 Å². The first-order valence-electron chi connectivity index (χ1n) is 7.02. The Bertz CT molecular complexity index is 665. The number of alkyl halides is 5. The highest BCUT2D eigenvalue weighted by molar-refractivity contribution is 5.90. The minimum atomic E-state index is -4.97. The van der Waals surface area contributed by atoms with Gasteiger partial charge in [-0.1, -0.05) is 0 Å². The molecule has 0 aliphatic carbocycles. The molecule has 138 valence electrons. The molecular weight excluding hydrogens is 355 g/mol. The number of carbonyl (C=O) groups is 2. The fourth-order valence-electron chi connectivity index (χ4n) is 2.38. The molecule has 1 saturated heterocycles. The number of nitrogens with zero attached hydrogens (tertiary/aromatic N) is 1. The lowest BCUT2D eigenvalue weighted by molar-refractivity contribution is -0.142. The molecule has 6 nitrogen and oxygen atoms in total. The largest absolute Gasteiger partial charge is 0.481 e. The fourth-order valence-corrected chi connectivity index (χ4v) is 2.38. The first-order chi connectivity index (χ1) is 11.6. The molecule has 0 bridgehead atoms. The number of aliphatic carboxylic acids is 1. The molecule has 0 aromatic heterocycles. The molecule has 1 aromatic carbocycles. The van der Waals surface area contributed by atoms with Gasteiger partial charge in [0.25, 0.3) is 0 Å². The predicted octanol–water partition coefficient (Wildman–Crippen LogP) is 3.25. The van der Waals surface area contributed by atoms with Crippen LogP contribution in [0.5, 0.6) is 5.75 Å². The van der Waals surface area contributed by atoms with Crippen molar-refractivity contribution in [2.24, 2.45) is 5.92 Å². The molecule has 1 aromatic rings. The predicted molar refractivity (Wildman–Crippen MR) is 74.4 cm³/mol. The number of likely N-dealkylation sites (tertiary alicyclic amines) is 1. The minimum absolute atomic E-state index is 0.0696. The van der Waals surface area contributed by atoms with Crippen LogP contribution in [0.25, 0.3) is 0 Å². The zero-order valence-corrected chi connectivity index (χ0v) is 12.5. The van der Waals surface area contributed by atoms with E-state index in [1.807, 2.05) is 0 Å². The van der Waals surface area contributed by atoms with Crippen LogP contribution >= 0.6 is 0 Å². The molecule has 1 atom stereocenters. The minimum Gasteiger partial charge on any atom is -0.481 e. The van der Waals surface area contributed by atoms with Crippen LogP contribution in [0.4, 0.5) is 32.4 Å². The van der Waals surface area contributed by atoms with Crippen molar-refractivity contribution in [1.82, 2.24) is 4.90 Å². The first kappa shape index (κ1) is 18.7. The zero-order valence-electron chi connectivity index (χ0n) is 12.5. The molecule has 0 spiro atoms. The second-order valence-corrected chi connectivity index (χ2v) is 5.29. The number of benzene rings is 1. The van der Waals surface area contributed by atoms with E-state index in [0.717, 1.165) is 11.0 Å². The summed E-state index contributed by atoms with van der Waals surface area (Å²) in [4.78, 5) is 24.0. The van der Waals surface area contributed by atoms with E-state index in [-0.39, 0.29) is 25.2 Å². The van der Waals surface area contributed by atoms with Crippen LogP contribution in [0, 0.1) is 5.92 Å². The number of carboxylic acid groups (broad SMARTS) is 1. The van der Waals surface area contributed by atoms with Crippen LogP contribution < -0.4 is 10.1 Å². The molecule has 1 heterocycles. The number of rotatable bonds is 4. The number of urea groups is 1. The molecule has 2 N–H and O–H groups in total. The lowest BCUT2D eigenvalue weighted by Gasteiger charge is -2.18. The number of anilines is 1. The Morgan fingerprint density at radius 3 is 2.52 bits per heavy atom. The molecule has 1 unspecified atom stereocenters. The number of ether oxygens (including phenoxy) is 1. The Hall–Kier alpha value is -2.59. The van der Waals surface area contributed by atoms with E-state index in [1.165, 1.54) is 0 Å². The van der Waals surface area contributed by atoms with Crippen LogP contribution in [0.3, 0.4) is 0 Å². The molecule has 2 rings (SSSR count). The topological polar surface area (TPSA) is 78.9 Å². The summed E-state index contributed by atoms with van der Waals surface area (Å²) in [5.41, 5.74) is -1.74. The van der Waals surface area contributed by atoms with Crippen LogP contribution in [-0.2, 0) is 11.0 Å². The first-order valence-corrected chi connectivity index (χ1v) is 7.02. The van der Waals surface area contributed by atoms with E-state index in [1.54, 1.807) is 0 Å². The summed E-state index contributed by atoms with van der Waals surface area (Å²) in [5, 5.41) is 11.1. The van der Waals surface area contributed by atoms with Crippen LogP contribution in [-0.4, -0.2) is 41.7 Å². The molecule has 25 heavy (non-hydrogen) atoms. The van der Waals surface area contributed by atoms with Crippen molar-refractivity contribution in [2.45, 2.75) is 19.2 Å². The SMILES string of the molecule is O=C(O)C1CCN(C(=O)Nc2ccc(OC(F)F)c(C(F)(F)F)c2)C1. The molecule has 0 saturated carbocycles. The number of carbonyl (C=O) groups excluding carboxylic acids is 1. The maximum Gasteiger partial charge on any atom is 0.420 e. The van der Waals surface area contributed by atoms with Crippen molar-refractivity contribution >= 4 is 17.7 Å². The van der Waals surface area contributed by atoms with Gasteiger partial charge >= 0.3 is 24.8 Å². The summed E-state index contributed by atoms with van der Waals surface area (Å²) in [6.45, 7) is -3.36. The summed E-state index contributed by atoms with van der Waals surface area (Å²) in [6, 6.07) is 1.35. The van der Waals surface area contributed by atoms with Crippen molar-refractivity contribution in [2.75, 3.05) is 18.4 Å². The van der Waals surface area contributed by atoms with E-state index in [2.05, 4.69) is 10.1 Å². The third-order valence-electron chi connectivity index (χ3n) is 3.58. The molecule has 2 amide bonds. The van der Waals surface area contributed by atoms with E-state index in [0.29, 0.717) is 12.1 Å². The van der Waals surface area contributed by atoms with Gasteiger partial charge in [0.05, 0.1) is 11.5 Å². The van der Waals surface area contributed by atoms with Crippen molar-refractivity contribution in [3.8, 4) is 5.75 Å². The maximum absolute atomic E-state index is 12.9. The fraction of sp³-hybridized carbons (Fsp3) is 0.429. The maximum atomic E-state index is 12.9. The third kappa shape index (κ3) is 4.70. The smallest absolute Gasteiger partial charge is 0.420 e. The van der Waals surface area contributed by atoms with Gasteiger partial charge in [0.15, 0.2) is 0 Å². The molecule has 0 radical (unpaired) electrons. The number of carboxylic acids is 1. The highest BCUT2D eigenvalue weighted by Gasteiger charge is 2.36. The number of hydrogen-bond acceptors (Lipinski definition) is 3. The molecular formula is C14H13F5N2O4. The van der Waals surface area contributed by atoms with Gasteiger partial charge < -0.3 is 20.1 Å². The third-order valence-corrected chi connectivity index (χ3v) is 3.58. The standard InChI is InChI=1S/C14H13F5N2O4/c15-12(16)25-10-2-1-8(5-9(10)14(17,18)19)20-13(24)21-4-3-7(6-21)11(22)23/h1-2,5,7,12H,3-4,6H2,(H,20,24)(H,22,23). The number of amides is 2. The van der Waals surface area contributed by atoms with Crippen LogP contribution in [0.1, 0.15) is 12.0 Å². The normalized spacial score (nSPS) is 17.7. The quantitative estimate of drug-likeness (QED) is 0.800. The van der Waals surface area contributed by atoms with Gasteiger partial charge in [-0.15, -0.1) is 0 Å². The average molecular weight is 368 g/mol. The van der Waals surface area contributed by atoms with E-state index < -0.39 is 42.0 Å². The zero-order chi connectivity index (χ0) is 18.8. The van der Waals surface area contributed by atoms with Gasteiger partial charge in [0.2, 0.25) is 0 Å². The van der Waals surface area contributed by atoms with E-state index >= 15 is 0 Å². The van der Waals surface area contributed by atoms with E-state index in [9.17, 15) is 31.5 Å². The summed E-state index contributed by atoms with van der Waals surface area (Å²) in [5.74, 6) is -2.87. The van der Waals surface area contributed by atoms with Crippen molar-refractivity contribution in [1.29, 1.82) is 0 Å². The highest BCUT2D eigenvalue weighted by atomic mass is 19.4.